The third kappa shape index (κ3) is 4.22. The fourth-order valence-electron chi connectivity index (χ4n) is 4.97. The van der Waals surface area contributed by atoms with Crippen LogP contribution in [0.15, 0.2) is 24.3 Å². The van der Waals surface area contributed by atoms with Crippen LogP contribution in [0, 0.1) is 11.8 Å². The predicted molar refractivity (Wildman–Crippen MR) is 109 cm³/mol. The minimum atomic E-state index is -0.195. The maximum Gasteiger partial charge on any atom is 0.0894 e. The Morgan fingerprint density at radius 1 is 1.23 bits per heavy atom. The Hall–Kier alpha value is -1.15. The van der Waals surface area contributed by atoms with E-state index in [9.17, 15) is 4.39 Å². The Balaban J connectivity index is 1.83. The molecule has 0 radical (unpaired) electrons. The summed E-state index contributed by atoms with van der Waals surface area (Å²) >= 11 is 0. The highest BCUT2D eigenvalue weighted by Gasteiger charge is 2.35. The summed E-state index contributed by atoms with van der Waals surface area (Å²) in [6.07, 6.45) is 7.28. The minimum absolute atomic E-state index is 0.195. The highest BCUT2D eigenvalue weighted by Crippen LogP contribution is 2.42. The van der Waals surface area contributed by atoms with E-state index in [0.29, 0.717) is 18.4 Å². The Morgan fingerprint density at radius 3 is 2.73 bits per heavy atom. The molecule has 1 saturated heterocycles. The van der Waals surface area contributed by atoms with E-state index >= 15 is 0 Å². The number of unbranched alkanes of at least 4 members (excludes halogenated alkanes) is 1. The molecule has 1 aromatic rings. The Kier molecular flexibility index (Phi) is 6.55. The largest absolute Gasteiger partial charge is 0.295 e. The molecule has 144 valence electrons. The molecule has 1 nitrogen and oxygen atoms in total. The van der Waals surface area contributed by atoms with Gasteiger partial charge in [-0.15, -0.1) is 0 Å². The van der Waals surface area contributed by atoms with Gasteiger partial charge in [-0.05, 0) is 79.0 Å². The van der Waals surface area contributed by atoms with Crippen LogP contribution in [0.3, 0.4) is 0 Å². The Bertz CT molecular complexity index is 633. The fraction of sp³-hybridized carbons (Fsp3) is 0.667. The summed E-state index contributed by atoms with van der Waals surface area (Å²) < 4.78 is 12.5. The van der Waals surface area contributed by atoms with Crippen molar-refractivity contribution in [2.24, 2.45) is 11.8 Å². The molecular weight excluding hydrogens is 321 g/mol. The first-order chi connectivity index (χ1) is 12.5. The standard InChI is InChI=1S/C24H36FN/c1-5-19-14-21-9-11-26-16-22(12-17(2)3)18(4)13-24(26)23(21)15-20(19)8-6-7-10-25/h14-15,17,22,24H,4-13,16H2,1-3H3. The van der Waals surface area contributed by atoms with Crippen molar-refractivity contribution in [1.29, 1.82) is 0 Å². The Morgan fingerprint density at radius 2 is 2.04 bits per heavy atom. The number of rotatable bonds is 7. The quantitative estimate of drug-likeness (QED) is 0.423. The van der Waals surface area contributed by atoms with Crippen molar-refractivity contribution in [3.05, 3.63) is 46.5 Å². The van der Waals surface area contributed by atoms with Gasteiger partial charge < -0.3 is 0 Å². The molecule has 3 rings (SSSR count). The summed E-state index contributed by atoms with van der Waals surface area (Å²) in [5.41, 5.74) is 7.46. The van der Waals surface area contributed by atoms with Crippen LogP contribution in [0.2, 0.25) is 0 Å². The van der Waals surface area contributed by atoms with Gasteiger partial charge in [0.25, 0.3) is 0 Å². The number of fused-ring (bicyclic) bond motifs is 3. The summed E-state index contributed by atoms with van der Waals surface area (Å²) in [5.74, 6) is 1.39. The fourth-order valence-corrected chi connectivity index (χ4v) is 4.97. The summed E-state index contributed by atoms with van der Waals surface area (Å²) in [6.45, 7) is 13.5. The highest BCUT2D eigenvalue weighted by atomic mass is 19.1. The van der Waals surface area contributed by atoms with E-state index in [4.69, 9.17) is 0 Å². The lowest BCUT2D eigenvalue weighted by Crippen LogP contribution is -2.43. The molecule has 0 bridgehead atoms. The average molecular weight is 358 g/mol. The zero-order valence-corrected chi connectivity index (χ0v) is 17.0. The number of benzene rings is 1. The topological polar surface area (TPSA) is 3.24 Å². The molecule has 0 aliphatic carbocycles. The third-order valence-electron chi connectivity index (χ3n) is 6.38. The normalized spacial score (nSPS) is 23.2. The molecule has 2 aliphatic rings. The van der Waals surface area contributed by atoms with Crippen molar-refractivity contribution in [3.63, 3.8) is 0 Å². The molecule has 26 heavy (non-hydrogen) atoms. The van der Waals surface area contributed by atoms with Crippen molar-refractivity contribution in [2.45, 2.75) is 71.8 Å². The second-order valence-corrected chi connectivity index (χ2v) is 8.77. The molecule has 2 unspecified atom stereocenters. The predicted octanol–water partition coefficient (Wildman–Crippen LogP) is 6.06. The van der Waals surface area contributed by atoms with Crippen LogP contribution >= 0.6 is 0 Å². The van der Waals surface area contributed by atoms with Gasteiger partial charge in [0, 0.05) is 19.1 Å². The van der Waals surface area contributed by atoms with Crippen LogP contribution in [0.4, 0.5) is 4.39 Å². The smallest absolute Gasteiger partial charge is 0.0894 e. The minimum Gasteiger partial charge on any atom is -0.295 e. The maximum absolute atomic E-state index is 12.5. The molecular formula is C24H36FN. The molecule has 0 N–H and O–H groups in total. The van der Waals surface area contributed by atoms with Crippen molar-refractivity contribution in [1.82, 2.24) is 4.90 Å². The molecule has 1 fully saturated rings. The molecule has 2 atom stereocenters. The molecule has 1 aromatic carbocycles. The lowest BCUT2D eigenvalue weighted by molar-refractivity contribution is 0.124. The van der Waals surface area contributed by atoms with Gasteiger partial charge >= 0.3 is 0 Å². The van der Waals surface area contributed by atoms with E-state index in [1.807, 2.05) is 0 Å². The molecule has 0 saturated carbocycles. The van der Waals surface area contributed by atoms with Gasteiger partial charge in [0.1, 0.15) is 0 Å². The van der Waals surface area contributed by atoms with Gasteiger partial charge in [0.15, 0.2) is 0 Å². The number of piperidine rings is 1. The van der Waals surface area contributed by atoms with E-state index < -0.39 is 0 Å². The molecule has 2 heterocycles. The van der Waals surface area contributed by atoms with E-state index in [0.717, 1.165) is 31.6 Å². The van der Waals surface area contributed by atoms with Crippen LogP contribution in [-0.2, 0) is 19.3 Å². The number of hydrogen-bond donors (Lipinski definition) is 0. The van der Waals surface area contributed by atoms with Gasteiger partial charge in [0.2, 0.25) is 0 Å². The van der Waals surface area contributed by atoms with Gasteiger partial charge in [-0.1, -0.05) is 45.1 Å². The maximum atomic E-state index is 12.5. The second-order valence-electron chi connectivity index (χ2n) is 8.77. The molecule has 0 aromatic heterocycles. The Labute approximate surface area is 159 Å². The number of hydrogen-bond acceptors (Lipinski definition) is 1. The van der Waals surface area contributed by atoms with E-state index in [-0.39, 0.29) is 6.67 Å². The first-order valence-electron chi connectivity index (χ1n) is 10.7. The number of aryl methyl sites for hydroxylation is 2. The molecule has 0 amide bonds. The van der Waals surface area contributed by atoms with Gasteiger partial charge in [-0.2, -0.15) is 0 Å². The van der Waals surface area contributed by atoms with Gasteiger partial charge in [-0.25, -0.2) is 0 Å². The third-order valence-corrected chi connectivity index (χ3v) is 6.38. The molecule has 0 spiro atoms. The summed E-state index contributed by atoms with van der Waals surface area (Å²) in [4.78, 5) is 2.71. The van der Waals surface area contributed by atoms with Gasteiger partial charge in [0.05, 0.1) is 6.67 Å². The van der Waals surface area contributed by atoms with Crippen LogP contribution in [0.5, 0.6) is 0 Å². The number of halogens is 1. The zero-order chi connectivity index (χ0) is 18.7. The summed E-state index contributed by atoms with van der Waals surface area (Å²) in [6, 6.07) is 5.44. The zero-order valence-electron chi connectivity index (χ0n) is 17.0. The highest BCUT2D eigenvalue weighted by molar-refractivity contribution is 5.43. The summed E-state index contributed by atoms with van der Waals surface area (Å²) in [5, 5.41) is 0. The van der Waals surface area contributed by atoms with Crippen molar-refractivity contribution < 1.29 is 4.39 Å². The van der Waals surface area contributed by atoms with Crippen LogP contribution in [0.1, 0.15) is 74.8 Å². The molecule has 2 heteroatoms. The van der Waals surface area contributed by atoms with Crippen molar-refractivity contribution >= 4 is 0 Å². The van der Waals surface area contributed by atoms with Crippen molar-refractivity contribution in [2.75, 3.05) is 19.8 Å². The number of nitrogens with zero attached hydrogens (tertiary/aromatic N) is 1. The van der Waals surface area contributed by atoms with Crippen LogP contribution < -0.4 is 0 Å². The lowest BCUT2D eigenvalue weighted by Gasteiger charge is -2.45. The van der Waals surface area contributed by atoms with E-state index in [1.54, 1.807) is 5.56 Å². The van der Waals surface area contributed by atoms with Gasteiger partial charge in [-0.3, -0.25) is 9.29 Å². The van der Waals surface area contributed by atoms with Crippen LogP contribution in [0.25, 0.3) is 0 Å². The SMILES string of the molecule is C=C1CC2c3cc(CCCCF)c(CC)cc3CCN2CC1CC(C)C. The molecule has 2 aliphatic heterocycles. The first kappa shape index (κ1) is 19.6. The van der Waals surface area contributed by atoms with E-state index in [2.05, 4.69) is 44.4 Å². The first-order valence-corrected chi connectivity index (χ1v) is 10.7. The lowest BCUT2D eigenvalue weighted by atomic mass is 9.77. The average Bonchev–Trinajstić information content (AvgIpc) is 2.61. The summed E-state index contributed by atoms with van der Waals surface area (Å²) in [7, 11) is 0. The second kappa shape index (κ2) is 8.69. The van der Waals surface area contributed by atoms with E-state index in [1.165, 1.54) is 48.2 Å². The number of alkyl halides is 1. The monoisotopic (exact) mass is 357 g/mol. The van der Waals surface area contributed by atoms with Crippen molar-refractivity contribution in [3.8, 4) is 0 Å². The van der Waals surface area contributed by atoms with Crippen LogP contribution in [-0.4, -0.2) is 24.7 Å².